The van der Waals surface area contributed by atoms with Gasteiger partial charge < -0.3 is 9.47 Å². The number of hydrogen-bond acceptors (Lipinski definition) is 3. The van der Waals surface area contributed by atoms with Crippen molar-refractivity contribution < 1.29 is 0 Å². The third-order valence-corrected chi connectivity index (χ3v) is 13.4. The Morgan fingerprint density at radius 2 is 1.21 bits per heavy atom. The number of fused-ring (bicyclic) bond motifs is 9. The van der Waals surface area contributed by atoms with Crippen LogP contribution in [0.15, 0.2) is 188 Å². The zero-order valence-electron chi connectivity index (χ0n) is 32.1. The topological polar surface area (TPSA) is 21.1 Å². The molecule has 3 nitrogen and oxygen atoms in total. The van der Waals surface area contributed by atoms with Crippen molar-refractivity contribution in [2.75, 3.05) is 4.90 Å². The Kier molecular flexibility index (Phi) is 7.14. The first-order valence-corrected chi connectivity index (χ1v) is 20.8. The summed E-state index contributed by atoms with van der Waals surface area (Å²) in [6, 6.07) is 63.0. The van der Waals surface area contributed by atoms with E-state index >= 15 is 0 Å². The van der Waals surface area contributed by atoms with Crippen molar-refractivity contribution in [1.82, 2.24) is 9.55 Å². The molecule has 8 aromatic carbocycles. The predicted octanol–water partition coefficient (Wildman–Crippen LogP) is 15.1. The summed E-state index contributed by atoms with van der Waals surface area (Å²) in [7, 11) is 0. The number of pyridine rings is 1. The van der Waals surface area contributed by atoms with E-state index in [9.17, 15) is 0 Å². The number of hydrogen-bond donors (Lipinski definition) is 0. The van der Waals surface area contributed by atoms with Crippen LogP contribution in [-0.4, -0.2) is 9.55 Å². The van der Waals surface area contributed by atoms with Crippen LogP contribution in [0.5, 0.6) is 0 Å². The fraction of sp³-hybridized carbons (Fsp3) is 0.0556. The summed E-state index contributed by atoms with van der Waals surface area (Å²) >= 11 is 1.79. The molecule has 0 bridgehead atoms. The minimum absolute atomic E-state index is 0.104. The molecule has 0 amide bonds. The molecule has 0 fully saturated rings. The zero-order valence-corrected chi connectivity index (χ0v) is 33.0. The maximum atomic E-state index is 4.39. The van der Waals surface area contributed by atoms with Gasteiger partial charge in [-0.2, -0.15) is 0 Å². The van der Waals surface area contributed by atoms with Gasteiger partial charge in [0.1, 0.15) is 0 Å². The normalized spacial score (nSPS) is 13.1. The van der Waals surface area contributed by atoms with Crippen LogP contribution in [0.4, 0.5) is 17.1 Å². The molecule has 12 rings (SSSR count). The summed E-state index contributed by atoms with van der Waals surface area (Å²) < 4.78 is 3.71. The lowest BCUT2D eigenvalue weighted by Gasteiger charge is -2.29. The maximum absolute atomic E-state index is 4.39. The number of nitrogens with zero attached hydrogens (tertiary/aromatic N) is 3. The van der Waals surface area contributed by atoms with E-state index < -0.39 is 0 Å². The fourth-order valence-corrected chi connectivity index (χ4v) is 10.7. The molecule has 1 aliphatic carbocycles. The number of para-hydroxylation sites is 1. The smallest absolute Gasteiger partial charge is 0.0618 e. The molecule has 4 heteroatoms. The zero-order chi connectivity index (χ0) is 38.5. The maximum Gasteiger partial charge on any atom is 0.0618 e. The minimum Gasteiger partial charge on any atom is -0.309 e. The monoisotopic (exact) mass is 759 g/mol. The Bertz CT molecular complexity index is 3370. The number of anilines is 3. The van der Waals surface area contributed by atoms with Crippen molar-refractivity contribution in [1.29, 1.82) is 0 Å². The van der Waals surface area contributed by atoms with Gasteiger partial charge in [0, 0.05) is 61.1 Å². The number of aromatic nitrogens is 2. The Labute approximate surface area is 340 Å². The van der Waals surface area contributed by atoms with Crippen LogP contribution >= 0.6 is 11.3 Å². The largest absolute Gasteiger partial charge is 0.309 e. The van der Waals surface area contributed by atoms with Crippen LogP contribution in [0.25, 0.3) is 81.4 Å². The standard InChI is InChI=1S/C54H37N3S/c1-54(2)47-19-11-10-14-39(47)44-32-46-45-30-35(21-23-49(45)57(50(46)33-48(44)54)37-24-27-55-28-25-37)52-40-15-6-8-17-42(40)53(43-18-9-7-16-41(43)52)56(36-12-4-3-5-13-36)38-22-20-34-26-29-58-51(34)31-38/h3-33H,1-2H3. The van der Waals surface area contributed by atoms with E-state index in [0.717, 1.165) is 17.1 Å². The number of benzene rings is 8. The lowest BCUT2D eigenvalue weighted by molar-refractivity contribution is 0.661. The van der Waals surface area contributed by atoms with Crippen molar-refractivity contribution in [2.45, 2.75) is 19.3 Å². The van der Waals surface area contributed by atoms with Crippen molar-refractivity contribution >= 4 is 81.8 Å². The summed E-state index contributed by atoms with van der Waals surface area (Å²) in [5.41, 5.74) is 14.7. The van der Waals surface area contributed by atoms with E-state index in [4.69, 9.17) is 0 Å². The summed E-state index contributed by atoms with van der Waals surface area (Å²) in [6.45, 7) is 4.72. The molecule has 58 heavy (non-hydrogen) atoms. The molecule has 0 spiro atoms. The van der Waals surface area contributed by atoms with Crippen molar-refractivity contribution in [3.05, 3.63) is 199 Å². The Morgan fingerprint density at radius 1 is 0.517 bits per heavy atom. The molecule has 0 radical (unpaired) electrons. The van der Waals surface area contributed by atoms with Gasteiger partial charge in [-0.05, 0) is 122 Å². The molecule has 1 aliphatic rings. The highest BCUT2D eigenvalue weighted by atomic mass is 32.1. The first-order valence-electron chi connectivity index (χ1n) is 19.9. The second kappa shape index (κ2) is 12.5. The third kappa shape index (κ3) is 4.76. The van der Waals surface area contributed by atoms with Crippen LogP contribution in [0.2, 0.25) is 0 Å². The van der Waals surface area contributed by atoms with Crippen LogP contribution in [-0.2, 0) is 5.41 Å². The van der Waals surface area contributed by atoms with Crippen molar-refractivity contribution in [2.24, 2.45) is 0 Å². The van der Waals surface area contributed by atoms with E-state index in [0.29, 0.717) is 0 Å². The molecule has 0 unspecified atom stereocenters. The van der Waals surface area contributed by atoms with Gasteiger partial charge in [-0.15, -0.1) is 11.3 Å². The highest BCUT2D eigenvalue weighted by Gasteiger charge is 2.36. The van der Waals surface area contributed by atoms with Crippen molar-refractivity contribution in [3.63, 3.8) is 0 Å². The van der Waals surface area contributed by atoms with E-state index in [-0.39, 0.29) is 5.41 Å². The van der Waals surface area contributed by atoms with E-state index in [1.54, 1.807) is 11.3 Å². The van der Waals surface area contributed by atoms with Gasteiger partial charge in [0.25, 0.3) is 0 Å². The first kappa shape index (κ1) is 33.2. The lowest BCUT2D eigenvalue weighted by atomic mass is 9.82. The van der Waals surface area contributed by atoms with Gasteiger partial charge in [0.2, 0.25) is 0 Å². The lowest BCUT2D eigenvalue weighted by Crippen LogP contribution is -2.14. The van der Waals surface area contributed by atoms with Crippen LogP contribution in [0.3, 0.4) is 0 Å². The first-order chi connectivity index (χ1) is 28.5. The Hall–Kier alpha value is -7.01. The van der Waals surface area contributed by atoms with Gasteiger partial charge in [-0.3, -0.25) is 4.98 Å². The predicted molar refractivity (Wildman–Crippen MR) is 247 cm³/mol. The molecule has 0 atom stereocenters. The number of rotatable bonds is 5. The molecule has 0 N–H and O–H groups in total. The highest BCUT2D eigenvalue weighted by Crippen LogP contribution is 2.52. The fourth-order valence-electron chi connectivity index (χ4n) is 9.86. The van der Waals surface area contributed by atoms with Crippen molar-refractivity contribution in [3.8, 4) is 27.9 Å². The third-order valence-electron chi connectivity index (χ3n) is 12.5. The van der Waals surface area contributed by atoms with Crippen LogP contribution < -0.4 is 4.90 Å². The summed E-state index contributed by atoms with van der Waals surface area (Å²) in [4.78, 5) is 6.85. The molecule has 3 aromatic heterocycles. The van der Waals surface area contributed by atoms with Gasteiger partial charge in [-0.25, -0.2) is 0 Å². The molecule has 0 saturated heterocycles. The van der Waals surface area contributed by atoms with Gasteiger partial charge in [-0.1, -0.05) is 117 Å². The Morgan fingerprint density at radius 3 is 1.98 bits per heavy atom. The summed E-state index contributed by atoms with van der Waals surface area (Å²) in [5.74, 6) is 0. The van der Waals surface area contributed by atoms with Gasteiger partial charge >= 0.3 is 0 Å². The molecule has 3 heterocycles. The molecular weight excluding hydrogens is 723 g/mol. The molecule has 0 saturated carbocycles. The van der Waals surface area contributed by atoms with Gasteiger partial charge in [0.05, 0.1) is 16.7 Å². The second-order valence-corrected chi connectivity index (χ2v) is 16.9. The average molecular weight is 760 g/mol. The Balaban J connectivity index is 1.15. The second-order valence-electron chi connectivity index (χ2n) is 16.0. The molecular formula is C54H37N3S. The van der Waals surface area contributed by atoms with Crippen LogP contribution in [0.1, 0.15) is 25.0 Å². The van der Waals surface area contributed by atoms with Crippen LogP contribution in [0, 0.1) is 0 Å². The summed E-state index contributed by atoms with van der Waals surface area (Å²) in [6.07, 6.45) is 3.79. The minimum atomic E-state index is -0.104. The van der Waals surface area contributed by atoms with Gasteiger partial charge in [0.15, 0.2) is 0 Å². The average Bonchev–Trinajstić information content (AvgIpc) is 3.94. The highest BCUT2D eigenvalue weighted by molar-refractivity contribution is 7.17. The SMILES string of the molecule is CC1(C)c2ccccc2-c2cc3c4cc(-c5c6ccccc6c(N(c6ccccc6)c6ccc7ccsc7c6)c6ccccc56)ccc4n(-c4ccncc4)c3cc21. The van der Waals surface area contributed by atoms with E-state index in [2.05, 4.69) is 204 Å². The molecule has 11 aromatic rings. The molecule has 274 valence electrons. The van der Waals surface area contributed by atoms with E-state index in [1.807, 2.05) is 12.4 Å². The molecule has 0 aliphatic heterocycles. The quantitative estimate of drug-likeness (QED) is 0.163. The van der Waals surface area contributed by atoms with E-state index in [1.165, 1.54) is 92.5 Å². The number of thiophene rings is 1. The summed E-state index contributed by atoms with van der Waals surface area (Å²) in [5, 5.41) is 10.8.